The minimum absolute atomic E-state index is 0.440. The molecule has 0 aromatic carbocycles. The Labute approximate surface area is 98.7 Å². The van der Waals surface area contributed by atoms with Crippen molar-refractivity contribution < 1.29 is 0 Å². The van der Waals surface area contributed by atoms with E-state index >= 15 is 0 Å². The lowest BCUT2D eigenvalue weighted by molar-refractivity contribution is 0.811. The number of halogens is 1. The molecular formula is C11H13ClN4. The van der Waals surface area contributed by atoms with Gasteiger partial charge in [0.15, 0.2) is 10.8 Å². The van der Waals surface area contributed by atoms with Crippen LogP contribution in [-0.2, 0) is 0 Å². The molecule has 0 aliphatic heterocycles. The number of aromatic nitrogens is 4. The molecule has 4 nitrogen and oxygen atoms in total. The average Bonchev–Trinajstić information content (AvgIpc) is 2.79. The molecule has 1 aliphatic carbocycles. The van der Waals surface area contributed by atoms with Gasteiger partial charge in [-0.2, -0.15) is 0 Å². The molecule has 2 atom stereocenters. The normalized spacial score (nSPS) is 24.0. The fraction of sp³-hybridized carbons (Fsp3) is 0.545. The fourth-order valence-electron chi connectivity index (χ4n) is 2.12. The Bertz CT molecular complexity index is 575. The van der Waals surface area contributed by atoms with Crippen LogP contribution in [0.4, 0.5) is 0 Å². The Morgan fingerprint density at radius 1 is 1.31 bits per heavy atom. The fourth-order valence-corrected chi connectivity index (χ4v) is 2.37. The summed E-state index contributed by atoms with van der Waals surface area (Å²) in [4.78, 5) is 4.26. The maximum absolute atomic E-state index is 6.07. The van der Waals surface area contributed by atoms with Crippen LogP contribution in [0.5, 0.6) is 0 Å². The van der Waals surface area contributed by atoms with E-state index in [-0.39, 0.29) is 0 Å². The maximum atomic E-state index is 6.07. The average molecular weight is 237 g/mol. The van der Waals surface area contributed by atoms with Crippen LogP contribution < -0.4 is 0 Å². The monoisotopic (exact) mass is 236 g/mol. The summed E-state index contributed by atoms with van der Waals surface area (Å²) in [5.74, 6) is 2.28. The Morgan fingerprint density at radius 2 is 2.00 bits per heavy atom. The van der Waals surface area contributed by atoms with E-state index in [0.29, 0.717) is 22.6 Å². The lowest BCUT2D eigenvalue weighted by Crippen LogP contribution is -2.02. The first kappa shape index (κ1) is 10.0. The summed E-state index contributed by atoms with van der Waals surface area (Å²) in [6.07, 6.45) is 1.19. The van der Waals surface area contributed by atoms with E-state index in [1.165, 1.54) is 6.42 Å². The molecule has 2 aromatic heterocycles. The van der Waals surface area contributed by atoms with Crippen LogP contribution in [-0.4, -0.2) is 19.6 Å². The minimum atomic E-state index is 0.440. The Hall–Kier alpha value is -1.16. The molecule has 3 rings (SSSR count). The highest BCUT2D eigenvalue weighted by molar-refractivity contribution is 6.32. The van der Waals surface area contributed by atoms with E-state index in [1.54, 1.807) is 0 Å². The number of aryl methyl sites for hydroxylation is 2. The second kappa shape index (κ2) is 3.17. The first-order valence-corrected chi connectivity index (χ1v) is 5.85. The molecule has 0 spiro atoms. The van der Waals surface area contributed by atoms with Gasteiger partial charge in [0.25, 0.3) is 0 Å². The van der Waals surface area contributed by atoms with Crippen molar-refractivity contribution in [1.29, 1.82) is 0 Å². The van der Waals surface area contributed by atoms with Gasteiger partial charge in [0, 0.05) is 11.6 Å². The number of hydrogen-bond acceptors (Lipinski definition) is 3. The van der Waals surface area contributed by atoms with Crippen LogP contribution in [0.3, 0.4) is 0 Å². The zero-order chi connectivity index (χ0) is 11.4. The van der Waals surface area contributed by atoms with E-state index in [2.05, 4.69) is 26.5 Å². The molecule has 1 fully saturated rings. The Morgan fingerprint density at radius 3 is 2.62 bits per heavy atom. The summed E-state index contributed by atoms with van der Waals surface area (Å²) in [7, 11) is 0. The minimum Gasteiger partial charge on any atom is -0.279 e. The molecule has 2 unspecified atom stereocenters. The molecule has 0 N–H and O–H groups in total. The molecule has 16 heavy (non-hydrogen) atoms. The van der Waals surface area contributed by atoms with Gasteiger partial charge in [0.05, 0.1) is 5.69 Å². The zero-order valence-corrected chi connectivity index (χ0v) is 10.3. The number of nitrogens with zero attached hydrogens (tertiary/aromatic N) is 4. The van der Waals surface area contributed by atoms with Gasteiger partial charge in [0.2, 0.25) is 0 Å². The third-order valence-corrected chi connectivity index (χ3v) is 3.69. The van der Waals surface area contributed by atoms with Crippen molar-refractivity contribution in [2.24, 2.45) is 5.92 Å². The van der Waals surface area contributed by atoms with Crippen LogP contribution in [0, 0.1) is 19.8 Å². The lowest BCUT2D eigenvalue weighted by atomic mass is 10.3. The molecule has 0 radical (unpaired) electrons. The molecule has 0 bridgehead atoms. The molecule has 0 saturated heterocycles. The van der Waals surface area contributed by atoms with Crippen LogP contribution in [0.25, 0.3) is 5.65 Å². The van der Waals surface area contributed by atoms with E-state index in [0.717, 1.165) is 17.2 Å². The first-order valence-electron chi connectivity index (χ1n) is 5.47. The molecule has 84 valence electrons. The molecule has 0 amide bonds. The highest BCUT2D eigenvalue weighted by Crippen LogP contribution is 2.46. The summed E-state index contributed by atoms with van der Waals surface area (Å²) in [6.45, 7) is 6.23. The third kappa shape index (κ3) is 1.26. The highest BCUT2D eigenvalue weighted by Gasteiger charge is 2.38. The van der Waals surface area contributed by atoms with Gasteiger partial charge in [-0.1, -0.05) is 18.5 Å². The molecule has 1 aliphatic rings. The molecular weight excluding hydrogens is 224 g/mol. The Kier molecular flexibility index (Phi) is 1.98. The zero-order valence-electron chi connectivity index (χ0n) is 9.53. The third-order valence-electron chi connectivity index (χ3n) is 3.44. The largest absolute Gasteiger partial charge is 0.279 e. The van der Waals surface area contributed by atoms with Crippen LogP contribution in [0.1, 0.15) is 36.5 Å². The van der Waals surface area contributed by atoms with E-state index in [9.17, 15) is 0 Å². The smallest absolute Gasteiger partial charge is 0.198 e. The predicted molar refractivity (Wildman–Crippen MR) is 61.8 cm³/mol. The Balaban J connectivity index is 2.32. The highest BCUT2D eigenvalue weighted by atomic mass is 35.5. The predicted octanol–water partition coefficient (Wildman–Crippen LogP) is 2.52. The van der Waals surface area contributed by atoms with E-state index in [4.69, 9.17) is 11.6 Å². The standard InChI is InChI=1S/C11H13ClN4/c1-5-4-8(5)10-14-15-11-9(12)13-6(2)7(3)16(10)11/h5,8H,4H2,1-3H3. The van der Waals surface area contributed by atoms with Gasteiger partial charge >= 0.3 is 0 Å². The maximum Gasteiger partial charge on any atom is 0.198 e. The summed E-state index contributed by atoms with van der Waals surface area (Å²) in [6, 6.07) is 0. The van der Waals surface area contributed by atoms with Crippen molar-refractivity contribution in [1.82, 2.24) is 19.6 Å². The van der Waals surface area contributed by atoms with Crippen molar-refractivity contribution in [3.05, 3.63) is 22.4 Å². The van der Waals surface area contributed by atoms with Gasteiger partial charge in [-0.15, -0.1) is 10.2 Å². The number of hydrogen-bond donors (Lipinski definition) is 0. The van der Waals surface area contributed by atoms with Crippen LogP contribution >= 0.6 is 11.6 Å². The summed E-state index contributed by atoms with van der Waals surface area (Å²) in [5, 5.41) is 8.83. The molecule has 2 aromatic rings. The second-order valence-electron chi connectivity index (χ2n) is 4.61. The number of fused-ring (bicyclic) bond motifs is 1. The quantitative estimate of drug-likeness (QED) is 0.764. The van der Waals surface area contributed by atoms with E-state index < -0.39 is 0 Å². The van der Waals surface area contributed by atoms with Gasteiger partial charge in [-0.05, 0) is 26.2 Å². The first-order chi connectivity index (χ1) is 7.59. The molecule has 1 saturated carbocycles. The summed E-state index contributed by atoms with van der Waals surface area (Å²) in [5.41, 5.74) is 2.70. The van der Waals surface area contributed by atoms with Crippen molar-refractivity contribution in [3.63, 3.8) is 0 Å². The lowest BCUT2D eigenvalue weighted by Gasteiger charge is -2.06. The number of rotatable bonds is 1. The van der Waals surface area contributed by atoms with E-state index in [1.807, 2.05) is 13.8 Å². The topological polar surface area (TPSA) is 43.1 Å². The van der Waals surface area contributed by atoms with Crippen molar-refractivity contribution in [3.8, 4) is 0 Å². The van der Waals surface area contributed by atoms with Gasteiger partial charge in [-0.25, -0.2) is 4.98 Å². The summed E-state index contributed by atoms with van der Waals surface area (Å²) < 4.78 is 2.05. The SMILES string of the molecule is Cc1nc(Cl)c2nnc(C3CC3C)n2c1C. The van der Waals surface area contributed by atoms with Gasteiger partial charge in [-0.3, -0.25) is 4.40 Å². The van der Waals surface area contributed by atoms with Crippen LogP contribution in [0.15, 0.2) is 0 Å². The summed E-state index contributed by atoms with van der Waals surface area (Å²) >= 11 is 6.07. The van der Waals surface area contributed by atoms with Gasteiger partial charge in [0.1, 0.15) is 5.82 Å². The molecule has 2 heterocycles. The van der Waals surface area contributed by atoms with Gasteiger partial charge < -0.3 is 0 Å². The van der Waals surface area contributed by atoms with Crippen molar-refractivity contribution in [2.45, 2.75) is 33.1 Å². The van der Waals surface area contributed by atoms with Crippen molar-refractivity contribution >= 4 is 17.2 Å². The van der Waals surface area contributed by atoms with Crippen LogP contribution in [0.2, 0.25) is 5.15 Å². The van der Waals surface area contributed by atoms with Crippen molar-refractivity contribution in [2.75, 3.05) is 0 Å². The molecule has 5 heteroatoms. The second-order valence-corrected chi connectivity index (χ2v) is 4.97.